The Morgan fingerprint density at radius 1 is 1.53 bits per heavy atom. The van der Waals surface area contributed by atoms with Gasteiger partial charge in [-0.25, -0.2) is 4.68 Å². The van der Waals surface area contributed by atoms with Crippen LogP contribution in [0.25, 0.3) is 0 Å². The first-order chi connectivity index (χ1) is 7.09. The Balaban J connectivity index is 2.41. The van der Waals surface area contributed by atoms with Crippen LogP contribution >= 0.6 is 0 Å². The third kappa shape index (κ3) is 4.25. The molecule has 0 radical (unpaired) electrons. The molecule has 1 atom stereocenters. The zero-order valence-electron chi connectivity index (χ0n) is 9.44. The molecule has 0 amide bonds. The van der Waals surface area contributed by atoms with Crippen molar-refractivity contribution in [2.75, 3.05) is 0 Å². The van der Waals surface area contributed by atoms with E-state index in [1.165, 1.54) is 4.68 Å². The van der Waals surface area contributed by atoms with Gasteiger partial charge in [-0.05, 0) is 32.3 Å². The van der Waals surface area contributed by atoms with Crippen molar-refractivity contribution in [3.63, 3.8) is 0 Å². The Morgan fingerprint density at radius 3 is 2.87 bits per heavy atom. The van der Waals surface area contributed by atoms with Crippen molar-refractivity contribution in [1.29, 1.82) is 0 Å². The number of nitrogens with two attached hydrogens (primary N) is 1. The van der Waals surface area contributed by atoms with Crippen LogP contribution in [0.1, 0.15) is 31.7 Å². The summed E-state index contributed by atoms with van der Waals surface area (Å²) >= 11 is 0. The smallest absolute Gasteiger partial charge is 0.266 e. The first-order valence-corrected chi connectivity index (χ1v) is 5.39. The highest BCUT2D eigenvalue weighted by atomic mass is 16.1. The molecule has 0 bridgehead atoms. The molecule has 15 heavy (non-hydrogen) atoms. The predicted octanol–water partition coefficient (Wildman–Crippen LogP) is 1.07. The van der Waals surface area contributed by atoms with Crippen LogP contribution in [0.4, 0.5) is 0 Å². The van der Waals surface area contributed by atoms with Crippen LogP contribution in [0.15, 0.2) is 17.1 Å². The molecule has 1 unspecified atom stereocenters. The first kappa shape index (κ1) is 11.9. The van der Waals surface area contributed by atoms with Gasteiger partial charge >= 0.3 is 0 Å². The fourth-order valence-electron chi connectivity index (χ4n) is 1.42. The molecule has 84 valence electrons. The van der Waals surface area contributed by atoms with Gasteiger partial charge in [0, 0.05) is 18.7 Å². The van der Waals surface area contributed by atoms with Crippen molar-refractivity contribution >= 4 is 0 Å². The zero-order chi connectivity index (χ0) is 11.3. The van der Waals surface area contributed by atoms with E-state index >= 15 is 0 Å². The van der Waals surface area contributed by atoms with E-state index in [4.69, 9.17) is 5.73 Å². The van der Waals surface area contributed by atoms with E-state index in [1.54, 1.807) is 12.3 Å². The summed E-state index contributed by atoms with van der Waals surface area (Å²) in [4.78, 5) is 11.4. The molecule has 0 aliphatic rings. The lowest BCUT2D eigenvalue weighted by Crippen LogP contribution is -2.22. The van der Waals surface area contributed by atoms with E-state index in [0.29, 0.717) is 6.54 Å². The Kier molecular flexibility index (Phi) is 4.49. The maximum atomic E-state index is 11.4. The molecule has 0 saturated heterocycles. The van der Waals surface area contributed by atoms with E-state index in [9.17, 15) is 4.79 Å². The molecule has 0 fully saturated rings. The number of hydrogen-bond acceptors (Lipinski definition) is 3. The second-order valence-corrected chi connectivity index (χ2v) is 4.07. The summed E-state index contributed by atoms with van der Waals surface area (Å²) in [5.41, 5.74) is 6.53. The molecule has 4 nitrogen and oxygen atoms in total. The van der Waals surface area contributed by atoms with Gasteiger partial charge in [0.05, 0.1) is 6.20 Å². The number of nitrogens with zero attached hydrogens (tertiary/aromatic N) is 2. The summed E-state index contributed by atoms with van der Waals surface area (Å²) in [6.07, 6.45) is 4.71. The Bertz CT molecular complexity index is 357. The van der Waals surface area contributed by atoms with E-state index in [1.807, 2.05) is 13.8 Å². The number of aromatic nitrogens is 2. The molecule has 1 aromatic heterocycles. The summed E-state index contributed by atoms with van der Waals surface area (Å²) in [7, 11) is 0. The fraction of sp³-hybridized carbons (Fsp3) is 0.636. The lowest BCUT2D eigenvalue weighted by molar-refractivity contribution is 0.503. The highest BCUT2D eigenvalue weighted by Crippen LogP contribution is 1.99. The van der Waals surface area contributed by atoms with Gasteiger partial charge in [0.25, 0.3) is 5.56 Å². The van der Waals surface area contributed by atoms with Gasteiger partial charge in [-0.2, -0.15) is 5.10 Å². The van der Waals surface area contributed by atoms with E-state index in [0.717, 1.165) is 24.8 Å². The molecule has 0 aliphatic heterocycles. The summed E-state index contributed by atoms with van der Waals surface area (Å²) < 4.78 is 1.51. The van der Waals surface area contributed by atoms with Crippen LogP contribution in [0, 0.1) is 6.92 Å². The lowest BCUT2D eigenvalue weighted by Gasteiger charge is -2.06. The lowest BCUT2D eigenvalue weighted by atomic mass is 10.1. The Labute approximate surface area is 90.1 Å². The quantitative estimate of drug-likeness (QED) is 0.738. The van der Waals surface area contributed by atoms with E-state index in [-0.39, 0.29) is 11.6 Å². The highest BCUT2D eigenvalue weighted by Gasteiger charge is 1.98. The Morgan fingerprint density at radius 2 is 2.27 bits per heavy atom. The molecule has 0 spiro atoms. The maximum absolute atomic E-state index is 11.4. The molecule has 0 saturated carbocycles. The van der Waals surface area contributed by atoms with Crippen molar-refractivity contribution in [2.45, 2.75) is 45.7 Å². The van der Waals surface area contributed by atoms with Crippen molar-refractivity contribution < 1.29 is 0 Å². The number of rotatable bonds is 5. The molecule has 1 heterocycles. The third-order valence-electron chi connectivity index (χ3n) is 2.29. The summed E-state index contributed by atoms with van der Waals surface area (Å²) in [5.74, 6) is 0. The molecular weight excluding hydrogens is 190 g/mol. The standard InChI is InChI=1S/C11H19N3O/c1-9-7-11(15)14(13-8-9)6-4-3-5-10(2)12/h7-8,10H,3-6,12H2,1-2H3. The van der Waals surface area contributed by atoms with Crippen LogP contribution in [0.2, 0.25) is 0 Å². The van der Waals surface area contributed by atoms with Gasteiger partial charge in [-0.1, -0.05) is 6.42 Å². The van der Waals surface area contributed by atoms with E-state index < -0.39 is 0 Å². The second kappa shape index (κ2) is 5.66. The third-order valence-corrected chi connectivity index (χ3v) is 2.29. The SMILES string of the molecule is Cc1cnn(CCCCC(C)N)c(=O)c1. The first-order valence-electron chi connectivity index (χ1n) is 5.39. The molecule has 1 rings (SSSR count). The Hall–Kier alpha value is -1.16. The predicted molar refractivity (Wildman–Crippen MR) is 60.7 cm³/mol. The van der Waals surface area contributed by atoms with Crippen LogP contribution in [-0.2, 0) is 6.54 Å². The van der Waals surface area contributed by atoms with Gasteiger partial charge in [-0.3, -0.25) is 4.79 Å². The minimum Gasteiger partial charge on any atom is -0.328 e. The summed E-state index contributed by atoms with van der Waals surface area (Å²) in [6.45, 7) is 4.55. The summed E-state index contributed by atoms with van der Waals surface area (Å²) in [5, 5.41) is 4.07. The van der Waals surface area contributed by atoms with Gasteiger partial charge in [0.1, 0.15) is 0 Å². The molecule has 4 heteroatoms. The van der Waals surface area contributed by atoms with Crippen LogP contribution < -0.4 is 11.3 Å². The summed E-state index contributed by atoms with van der Waals surface area (Å²) in [6, 6.07) is 1.85. The van der Waals surface area contributed by atoms with Crippen molar-refractivity contribution in [3.05, 3.63) is 28.2 Å². The van der Waals surface area contributed by atoms with E-state index in [2.05, 4.69) is 5.10 Å². The largest absolute Gasteiger partial charge is 0.328 e. The minimum absolute atomic E-state index is 0.0178. The maximum Gasteiger partial charge on any atom is 0.266 e. The van der Waals surface area contributed by atoms with Crippen molar-refractivity contribution in [2.24, 2.45) is 5.73 Å². The molecule has 0 aromatic carbocycles. The van der Waals surface area contributed by atoms with Crippen molar-refractivity contribution in [1.82, 2.24) is 9.78 Å². The normalized spacial score (nSPS) is 12.7. The fourth-order valence-corrected chi connectivity index (χ4v) is 1.42. The number of hydrogen-bond donors (Lipinski definition) is 1. The molecule has 2 N–H and O–H groups in total. The second-order valence-electron chi connectivity index (χ2n) is 4.07. The number of aryl methyl sites for hydroxylation is 2. The highest BCUT2D eigenvalue weighted by molar-refractivity contribution is 5.02. The molecular formula is C11H19N3O. The van der Waals surface area contributed by atoms with Crippen LogP contribution in [0.5, 0.6) is 0 Å². The molecule has 0 aliphatic carbocycles. The van der Waals surface area contributed by atoms with Crippen LogP contribution in [0.3, 0.4) is 0 Å². The molecule has 1 aromatic rings. The van der Waals surface area contributed by atoms with Gasteiger partial charge in [0.2, 0.25) is 0 Å². The van der Waals surface area contributed by atoms with Gasteiger partial charge < -0.3 is 5.73 Å². The average molecular weight is 209 g/mol. The van der Waals surface area contributed by atoms with Crippen LogP contribution in [-0.4, -0.2) is 15.8 Å². The van der Waals surface area contributed by atoms with Gasteiger partial charge in [-0.15, -0.1) is 0 Å². The minimum atomic E-state index is -0.0178. The topological polar surface area (TPSA) is 60.9 Å². The van der Waals surface area contributed by atoms with Crippen molar-refractivity contribution in [3.8, 4) is 0 Å². The monoisotopic (exact) mass is 209 g/mol. The van der Waals surface area contributed by atoms with Gasteiger partial charge in [0.15, 0.2) is 0 Å². The number of unbranched alkanes of at least 4 members (excludes halogenated alkanes) is 1. The zero-order valence-corrected chi connectivity index (χ0v) is 9.44. The average Bonchev–Trinajstić information content (AvgIpc) is 2.14.